The van der Waals surface area contributed by atoms with E-state index in [9.17, 15) is 0 Å². The third-order valence-corrected chi connectivity index (χ3v) is 5.57. The summed E-state index contributed by atoms with van der Waals surface area (Å²) in [6, 6.07) is 10.5. The molecular formula is C14H15IN4. The van der Waals surface area contributed by atoms with Gasteiger partial charge in [-0.05, 0) is 47.2 Å². The third-order valence-electron chi connectivity index (χ3n) is 4.68. The van der Waals surface area contributed by atoms with Gasteiger partial charge in [0.15, 0.2) is 0 Å². The molecule has 3 heterocycles. The fraction of sp³-hybridized carbons (Fsp3) is 0.500. The fourth-order valence-corrected chi connectivity index (χ4v) is 4.33. The molecule has 0 aromatic heterocycles. The largest absolute Gasteiger partial charge is 0.357 e. The van der Waals surface area contributed by atoms with Gasteiger partial charge in [-0.3, -0.25) is 4.90 Å². The van der Waals surface area contributed by atoms with Gasteiger partial charge in [0.25, 0.3) is 0 Å². The molecular weight excluding hydrogens is 351 g/mol. The van der Waals surface area contributed by atoms with Gasteiger partial charge in [0.2, 0.25) is 0 Å². The summed E-state index contributed by atoms with van der Waals surface area (Å²) in [4.78, 5) is 5.09. The van der Waals surface area contributed by atoms with Gasteiger partial charge < -0.3 is 10.2 Å². The van der Waals surface area contributed by atoms with Crippen LogP contribution in [0.3, 0.4) is 0 Å². The molecule has 2 bridgehead atoms. The van der Waals surface area contributed by atoms with Gasteiger partial charge >= 0.3 is 0 Å². The first kappa shape index (κ1) is 11.9. The Hall–Kier alpha value is -0.840. The van der Waals surface area contributed by atoms with E-state index in [1.165, 1.54) is 12.1 Å². The second kappa shape index (κ2) is 4.33. The highest BCUT2D eigenvalue weighted by molar-refractivity contribution is 14.1. The standard InChI is InChI=1S/C14H15IN4/c15-12-3-10(2-1-9(12)5-16)18-7-14-13-4-11(6-17-13)19(14)8-18/h1-3,11,13-14,17H,4,6-8H2. The number of fused-ring (bicyclic) bond motifs is 5. The molecule has 4 rings (SSSR count). The summed E-state index contributed by atoms with van der Waals surface area (Å²) in [5.74, 6) is 0. The van der Waals surface area contributed by atoms with E-state index in [1.54, 1.807) is 0 Å². The summed E-state index contributed by atoms with van der Waals surface area (Å²) in [5, 5.41) is 12.6. The fourth-order valence-electron chi connectivity index (χ4n) is 3.71. The van der Waals surface area contributed by atoms with Crippen LogP contribution in [0.1, 0.15) is 12.0 Å². The van der Waals surface area contributed by atoms with Crippen LogP contribution >= 0.6 is 22.6 Å². The van der Waals surface area contributed by atoms with Gasteiger partial charge in [0.05, 0.1) is 12.2 Å². The molecule has 0 amide bonds. The summed E-state index contributed by atoms with van der Waals surface area (Å²) in [7, 11) is 0. The average Bonchev–Trinajstić information content (AvgIpc) is 3.10. The van der Waals surface area contributed by atoms with Crippen LogP contribution in [0.25, 0.3) is 0 Å². The van der Waals surface area contributed by atoms with Crippen molar-refractivity contribution in [2.45, 2.75) is 24.5 Å². The minimum Gasteiger partial charge on any atom is -0.357 e. The Morgan fingerprint density at radius 1 is 1.42 bits per heavy atom. The molecule has 0 saturated carbocycles. The van der Waals surface area contributed by atoms with E-state index >= 15 is 0 Å². The van der Waals surface area contributed by atoms with Gasteiger partial charge in [-0.1, -0.05) is 0 Å². The zero-order chi connectivity index (χ0) is 13.0. The topological polar surface area (TPSA) is 42.3 Å². The molecule has 0 radical (unpaired) electrons. The van der Waals surface area contributed by atoms with Crippen molar-refractivity contribution in [2.75, 3.05) is 24.7 Å². The normalized spacial score (nSPS) is 32.6. The predicted octanol–water partition coefficient (Wildman–Crippen LogP) is 1.36. The number of hydrogen-bond donors (Lipinski definition) is 1. The smallest absolute Gasteiger partial charge is 0.100 e. The van der Waals surface area contributed by atoms with Gasteiger partial charge in [0, 0.05) is 40.5 Å². The lowest BCUT2D eigenvalue weighted by Crippen LogP contribution is -2.48. The first-order valence-corrected chi connectivity index (χ1v) is 7.78. The number of rotatable bonds is 1. The quantitative estimate of drug-likeness (QED) is 0.763. The maximum Gasteiger partial charge on any atom is 0.100 e. The van der Waals surface area contributed by atoms with Crippen molar-refractivity contribution in [2.24, 2.45) is 0 Å². The van der Waals surface area contributed by atoms with Gasteiger partial charge in [-0.2, -0.15) is 5.26 Å². The highest BCUT2D eigenvalue weighted by atomic mass is 127. The Morgan fingerprint density at radius 2 is 2.32 bits per heavy atom. The molecule has 3 saturated heterocycles. The van der Waals surface area contributed by atoms with Crippen molar-refractivity contribution < 1.29 is 0 Å². The van der Waals surface area contributed by atoms with Gasteiger partial charge in [-0.25, -0.2) is 0 Å². The molecule has 98 valence electrons. The van der Waals surface area contributed by atoms with E-state index in [-0.39, 0.29) is 0 Å². The number of nitriles is 1. The molecule has 19 heavy (non-hydrogen) atoms. The number of halogens is 1. The number of anilines is 1. The number of nitrogens with one attached hydrogen (secondary N) is 1. The molecule has 3 fully saturated rings. The lowest BCUT2D eigenvalue weighted by molar-refractivity contribution is 0.208. The van der Waals surface area contributed by atoms with Crippen molar-refractivity contribution in [1.29, 1.82) is 5.26 Å². The van der Waals surface area contributed by atoms with Gasteiger partial charge in [0.1, 0.15) is 6.07 Å². The molecule has 3 atom stereocenters. The molecule has 0 spiro atoms. The van der Waals surface area contributed by atoms with Crippen LogP contribution in [0.4, 0.5) is 5.69 Å². The zero-order valence-electron chi connectivity index (χ0n) is 10.5. The van der Waals surface area contributed by atoms with Crippen LogP contribution in [0, 0.1) is 14.9 Å². The third kappa shape index (κ3) is 1.77. The predicted molar refractivity (Wildman–Crippen MR) is 81.9 cm³/mol. The number of piperazine rings is 1. The Kier molecular flexibility index (Phi) is 2.72. The van der Waals surface area contributed by atoms with Crippen molar-refractivity contribution in [1.82, 2.24) is 10.2 Å². The van der Waals surface area contributed by atoms with E-state index in [2.05, 4.69) is 55.9 Å². The van der Waals surface area contributed by atoms with Crippen LogP contribution in [0.15, 0.2) is 18.2 Å². The monoisotopic (exact) mass is 366 g/mol. The number of nitrogens with zero attached hydrogens (tertiary/aromatic N) is 3. The molecule has 4 nitrogen and oxygen atoms in total. The molecule has 3 aliphatic rings. The Morgan fingerprint density at radius 3 is 3.05 bits per heavy atom. The SMILES string of the molecule is N#Cc1ccc(N2CC3C4CC(CN4)N3C2)cc1I. The molecule has 5 heteroatoms. The maximum atomic E-state index is 9.00. The minimum absolute atomic E-state index is 0.673. The molecule has 0 aliphatic carbocycles. The number of hydrogen-bond acceptors (Lipinski definition) is 4. The Balaban J connectivity index is 1.59. The van der Waals surface area contributed by atoms with Crippen molar-refractivity contribution >= 4 is 28.3 Å². The summed E-state index contributed by atoms with van der Waals surface area (Å²) in [5.41, 5.74) is 2.02. The molecule has 1 N–H and O–H groups in total. The average molecular weight is 366 g/mol. The zero-order valence-corrected chi connectivity index (χ0v) is 12.7. The van der Waals surface area contributed by atoms with Crippen LogP contribution < -0.4 is 10.2 Å². The Labute approximate surface area is 126 Å². The van der Waals surface area contributed by atoms with E-state index in [0.29, 0.717) is 12.1 Å². The van der Waals surface area contributed by atoms with E-state index in [0.717, 1.165) is 34.9 Å². The molecule has 1 aromatic rings. The van der Waals surface area contributed by atoms with E-state index < -0.39 is 0 Å². The highest BCUT2D eigenvalue weighted by Gasteiger charge is 2.49. The van der Waals surface area contributed by atoms with E-state index in [4.69, 9.17) is 5.26 Å². The lowest BCUT2D eigenvalue weighted by atomic mass is 10.1. The van der Waals surface area contributed by atoms with Crippen molar-refractivity contribution in [3.05, 3.63) is 27.3 Å². The first-order chi connectivity index (χ1) is 9.26. The second-order valence-electron chi connectivity index (χ2n) is 5.63. The van der Waals surface area contributed by atoms with Crippen LogP contribution in [0.5, 0.6) is 0 Å². The maximum absolute atomic E-state index is 9.00. The van der Waals surface area contributed by atoms with Crippen LogP contribution in [0.2, 0.25) is 0 Å². The summed E-state index contributed by atoms with van der Waals surface area (Å²) in [6.07, 6.45) is 1.32. The van der Waals surface area contributed by atoms with Gasteiger partial charge in [-0.15, -0.1) is 0 Å². The molecule has 1 aromatic carbocycles. The molecule has 3 aliphatic heterocycles. The molecule has 3 unspecified atom stereocenters. The summed E-state index contributed by atoms with van der Waals surface area (Å²) >= 11 is 2.25. The van der Waals surface area contributed by atoms with Crippen molar-refractivity contribution in [3.63, 3.8) is 0 Å². The summed E-state index contributed by atoms with van der Waals surface area (Å²) < 4.78 is 1.05. The highest BCUT2D eigenvalue weighted by Crippen LogP contribution is 2.36. The minimum atomic E-state index is 0.673. The van der Waals surface area contributed by atoms with E-state index in [1.807, 2.05) is 6.07 Å². The second-order valence-corrected chi connectivity index (χ2v) is 6.79. The summed E-state index contributed by atoms with van der Waals surface area (Å²) in [6.45, 7) is 3.30. The number of benzene rings is 1. The lowest BCUT2D eigenvalue weighted by Gasteiger charge is -2.27. The first-order valence-electron chi connectivity index (χ1n) is 6.70. The Bertz CT molecular complexity index is 549. The van der Waals surface area contributed by atoms with Crippen LogP contribution in [-0.4, -0.2) is 42.8 Å². The van der Waals surface area contributed by atoms with Crippen LogP contribution in [-0.2, 0) is 0 Å². The van der Waals surface area contributed by atoms with Crippen molar-refractivity contribution in [3.8, 4) is 6.07 Å².